The van der Waals surface area contributed by atoms with Gasteiger partial charge in [0.15, 0.2) is 17.5 Å². The van der Waals surface area contributed by atoms with Crippen molar-refractivity contribution in [1.82, 2.24) is 10.6 Å². The molecule has 0 aliphatic rings. The molecule has 6 nitrogen and oxygen atoms in total. The zero-order valence-corrected chi connectivity index (χ0v) is 19.9. The number of nitrogens with zero attached hydrogens (tertiary/aromatic N) is 2. The van der Waals surface area contributed by atoms with Crippen LogP contribution in [0.2, 0.25) is 0 Å². The molecule has 30 heavy (non-hydrogen) atoms. The molecular weight excluding hydrogens is 505 g/mol. The van der Waals surface area contributed by atoms with Gasteiger partial charge < -0.3 is 25.0 Å². The third-order valence-corrected chi connectivity index (χ3v) is 4.15. The Kier molecular flexibility index (Phi) is 11.2. The van der Waals surface area contributed by atoms with Crippen molar-refractivity contribution in [3.05, 3.63) is 53.6 Å². The molecule has 2 N–H and O–H groups in total. The third-order valence-electron chi connectivity index (χ3n) is 4.15. The average Bonchev–Trinajstić information content (AvgIpc) is 2.70. The third kappa shape index (κ3) is 7.85. The van der Waals surface area contributed by atoms with Gasteiger partial charge >= 0.3 is 6.61 Å². The van der Waals surface area contributed by atoms with Crippen LogP contribution in [0.15, 0.2) is 47.5 Å². The normalized spacial score (nSPS) is 11.0. The van der Waals surface area contributed by atoms with Gasteiger partial charge in [-0.1, -0.05) is 24.3 Å². The Morgan fingerprint density at radius 1 is 1.07 bits per heavy atom. The molecule has 0 bridgehead atoms. The number of nitrogens with one attached hydrogen (secondary N) is 2. The van der Waals surface area contributed by atoms with Crippen LogP contribution in [0.1, 0.15) is 18.1 Å². The van der Waals surface area contributed by atoms with Gasteiger partial charge in [0.05, 0.1) is 6.61 Å². The zero-order chi connectivity index (χ0) is 21.2. The highest BCUT2D eigenvalue weighted by Gasteiger charge is 2.16. The van der Waals surface area contributed by atoms with Crippen molar-refractivity contribution < 1.29 is 18.3 Å². The van der Waals surface area contributed by atoms with Crippen molar-refractivity contribution in [3.8, 4) is 11.5 Å². The monoisotopic (exact) mass is 534 g/mol. The molecule has 0 saturated carbocycles. The number of alkyl halides is 2. The Balaban J connectivity index is 0.00000450. The Labute approximate surface area is 193 Å². The lowest BCUT2D eigenvalue weighted by molar-refractivity contribution is -0.0520. The van der Waals surface area contributed by atoms with Crippen molar-refractivity contribution in [1.29, 1.82) is 0 Å². The standard InChI is InChI=1S/C21H28F2N4O2.HI/c1-5-28-18-8-6-7-16(19(18)29-20(22)23)14-26-21(24-2)25-13-15-9-11-17(12-10-15)27(3)4;/h6-12,20H,5,13-14H2,1-4H3,(H2,24,25,26);1H. The first-order valence-electron chi connectivity index (χ1n) is 9.34. The summed E-state index contributed by atoms with van der Waals surface area (Å²) < 4.78 is 35.8. The van der Waals surface area contributed by atoms with E-state index in [0.717, 1.165) is 11.3 Å². The fourth-order valence-electron chi connectivity index (χ4n) is 2.69. The van der Waals surface area contributed by atoms with Crippen LogP contribution in [0.3, 0.4) is 0 Å². The topological polar surface area (TPSA) is 58.1 Å². The first-order valence-corrected chi connectivity index (χ1v) is 9.34. The second-order valence-corrected chi connectivity index (χ2v) is 6.40. The summed E-state index contributed by atoms with van der Waals surface area (Å²) in [4.78, 5) is 6.21. The number of hydrogen-bond donors (Lipinski definition) is 2. The van der Waals surface area contributed by atoms with E-state index in [4.69, 9.17) is 9.47 Å². The van der Waals surface area contributed by atoms with Gasteiger partial charge in [-0.3, -0.25) is 4.99 Å². The molecule has 0 radical (unpaired) electrons. The lowest BCUT2D eigenvalue weighted by atomic mass is 10.2. The van der Waals surface area contributed by atoms with Crippen molar-refractivity contribution in [2.24, 2.45) is 4.99 Å². The van der Waals surface area contributed by atoms with E-state index in [1.165, 1.54) is 0 Å². The maximum absolute atomic E-state index is 12.8. The molecule has 166 valence electrons. The Morgan fingerprint density at radius 2 is 1.73 bits per heavy atom. The van der Waals surface area contributed by atoms with E-state index in [-0.39, 0.29) is 42.0 Å². The summed E-state index contributed by atoms with van der Waals surface area (Å²) in [5.74, 6) is 0.870. The Morgan fingerprint density at radius 3 is 2.30 bits per heavy atom. The maximum atomic E-state index is 12.8. The van der Waals surface area contributed by atoms with Crippen LogP contribution in [-0.4, -0.2) is 40.3 Å². The molecule has 2 aromatic rings. The van der Waals surface area contributed by atoms with Gasteiger partial charge in [-0.25, -0.2) is 0 Å². The van der Waals surface area contributed by atoms with Crippen molar-refractivity contribution in [2.45, 2.75) is 26.6 Å². The molecule has 0 aliphatic carbocycles. The molecule has 2 rings (SSSR count). The summed E-state index contributed by atoms with van der Waals surface area (Å²) in [6.07, 6.45) is 0. The molecule has 0 aliphatic heterocycles. The van der Waals surface area contributed by atoms with Gasteiger partial charge in [0, 0.05) is 45.5 Å². The number of para-hydroxylation sites is 1. The molecule has 0 unspecified atom stereocenters. The van der Waals surface area contributed by atoms with E-state index in [1.807, 2.05) is 43.3 Å². The minimum atomic E-state index is -2.93. The quantitative estimate of drug-likeness (QED) is 0.287. The molecule has 0 spiro atoms. The predicted molar refractivity (Wildman–Crippen MR) is 127 cm³/mol. The smallest absolute Gasteiger partial charge is 0.387 e. The van der Waals surface area contributed by atoms with Crippen LogP contribution in [0.25, 0.3) is 0 Å². The van der Waals surface area contributed by atoms with Crippen LogP contribution < -0.4 is 25.0 Å². The highest BCUT2D eigenvalue weighted by molar-refractivity contribution is 14.0. The van der Waals surface area contributed by atoms with Crippen molar-refractivity contribution in [2.75, 3.05) is 32.6 Å². The second kappa shape index (κ2) is 13.1. The Hall–Kier alpha value is -2.30. The van der Waals surface area contributed by atoms with Crippen molar-refractivity contribution in [3.63, 3.8) is 0 Å². The number of rotatable bonds is 9. The van der Waals surface area contributed by atoms with Crippen LogP contribution >= 0.6 is 24.0 Å². The summed E-state index contributed by atoms with van der Waals surface area (Å²) in [5, 5.41) is 6.33. The van der Waals surface area contributed by atoms with Crippen LogP contribution in [0, 0.1) is 0 Å². The fraction of sp³-hybridized carbons (Fsp3) is 0.381. The summed E-state index contributed by atoms with van der Waals surface area (Å²) in [5.41, 5.74) is 2.77. The molecule has 2 aromatic carbocycles. The Bertz CT molecular complexity index is 802. The molecule has 0 saturated heterocycles. The van der Waals surface area contributed by atoms with Crippen LogP contribution in [-0.2, 0) is 13.1 Å². The number of aliphatic imine (C=N–C) groups is 1. The summed E-state index contributed by atoms with van der Waals surface area (Å²) in [7, 11) is 5.63. The predicted octanol–water partition coefficient (Wildman–Crippen LogP) is 4.24. The fourth-order valence-corrected chi connectivity index (χ4v) is 2.69. The zero-order valence-electron chi connectivity index (χ0n) is 17.6. The molecule has 0 fully saturated rings. The van der Waals surface area contributed by atoms with E-state index in [2.05, 4.69) is 15.6 Å². The average molecular weight is 534 g/mol. The summed E-state index contributed by atoms with van der Waals surface area (Å²) in [6.45, 7) is 0.0350. The largest absolute Gasteiger partial charge is 0.490 e. The highest BCUT2D eigenvalue weighted by atomic mass is 127. The van der Waals surface area contributed by atoms with Crippen LogP contribution in [0.5, 0.6) is 11.5 Å². The minimum absolute atomic E-state index is 0. The SMILES string of the molecule is CCOc1cccc(CNC(=NC)NCc2ccc(N(C)C)cc2)c1OC(F)F.I. The van der Waals surface area contributed by atoms with E-state index >= 15 is 0 Å². The number of anilines is 1. The van der Waals surface area contributed by atoms with Gasteiger partial charge in [0.25, 0.3) is 0 Å². The molecule has 0 amide bonds. The summed E-state index contributed by atoms with van der Waals surface area (Å²) in [6, 6.07) is 13.2. The van der Waals surface area contributed by atoms with Crippen molar-refractivity contribution >= 4 is 35.6 Å². The van der Waals surface area contributed by atoms with E-state index in [1.54, 1.807) is 32.2 Å². The molecule has 9 heteroatoms. The lowest BCUT2D eigenvalue weighted by Gasteiger charge is -2.17. The number of ether oxygens (including phenoxy) is 2. The summed E-state index contributed by atoms with van der Waals surface area (Å²) >= 11 is 0. The number of guanidine groups is 1. The number of halogens is 3. The first kappa shape index (κ1) is 25.7. The minimum Gasteiger partial charge on any atom is -0.490 e. The van der Waals surface area contributed by atoms with Gasteiger partial charge in [0.1, 0.15) is 0 Å². The van der Waals surface area contributed by atoms with Gasteiger partial charge in [-0.2, -0.15) is 8.78 Å². The molecular formula is C21H29F2IN4O2. The number of hydrogen-bond acceptors (Lipinski definition) is 4. The second-order valence-electron chi connectivity index (χ2n) is 6.40. The van der Waals surface area contributed by atoms with E-state index in [0.29, 0.717) is 24.7 Å². The highest BCUT2D eigenvalue weighted by Crippen LogP contribution is 2.32. The van der Waals surface area contributed by atoms with E-state index < -0.39 is 6.61 Å². The first-order chi connectivity index (χ1) is 13.9. The van der Waals surface area contributed by atoms with E-state index in [9.17, 15) is 8.78 Å². The van der Waals surface area contributed by atoms with Gasteiger partial charge in [-0.15, -0.1) is 24.0 Å². The number of benzene rings is 2. The lowest BCUT2D eigenvalue weighted by Crippen LogP contribution is -2.36. The molecule has 0 atom stereocenters. The van der Waals surface area contributed by atoms with Crippen LogP contribution in [0.4, 0.5) is 14.5 Å². The van der Waals surface area contributed by atoms with Gasteiger partial charge in [0.2, 0.25) is 0 Å². The van der Waals surface area contributed by atoms with Gasteiger partial charge in [-0.05, 0) is 30.7 Å². The molecule has 0 heterocycles. The maximum Gasteiger partial charge on any atom is 0.387 e. The molecule has 0 aromatic heterocycles.